The van der Waals surface area contributed by atoms with Crippen LogP contribution in [0.3, 0.4) is 0 Å². The van der Waals surface area contributed by atoms with Crippen LogP contribution in [0.15, 0.2) is 42.2 Å². The standard InChI is InChI=1S/C16H16N4O2/c1-11(12-4-3-5-14(8-12)22-2)20-16(21)13(10-17)9-15-18-6-7-19-15/h3-9,11H,1-2H3,(H,18,19)(H,20,21)/b13-9+. The molecule has 1 aromatic heterocycles. The van der Waals surface area contributed by atoms with Crippen LogP contribution in [-0.2, 0) is 4.79 Å². The van der Waals surface area contributed by atoms with Crippen molar-refractivity contribution in [3.05, 3.63) is 53.6 Å². The van der Waals surface area contributed by atoms with Crippen LogP contribution in [0.25, 0.3) is 6.08 Å². The molecule has 1 heterocycles. The summed E-state index contributed by atoms with van der Waals surface area (Å²) in [6, 6.07) is 9.03. The Morgan fingerprint density at radius 1 is 1.55 bits per heavy atom. The second-order valence-corrected chi connectivity index (χ2v) is 4.62. The fourth-order valence-corrected chi connectivity index (χ4v) is 1.91. The Bertz CT molecular complexity index is 714. The van der Waals surface area contributed by atoms with Gasteiger partial charge in [-0.1, -0.05) is 12.1 Å². The quantitative estimate of drug-likeness (QED) is 0.653. The fraction of sp³-hybridized carbons (Fsp3) is 0.188. The summed E-state index contributed by atoms with van der Waals surface area (Å²) in [6.45, 7) is 1.84. The van der Waals surface area contributed by atoms with Crippen molar-refractivity contribution in [2.45, 2.75) is 13.0 Å². The predicted octanol–water partition coefficient (Wildman–Crippen LogP) is 2.20. The average molecular weight is 296 g/mol. The van der Waals surface area contributed by atoms with Crippen molar-refractivity contribution in [2.75, 3.05) is 7.11 Å². The number of hydrogen-bond acceptors (Lipinski definition) is 4. The van der Waals surface area contributed by atoms with E-state index in [4.69, 9.17) is 10.00 Å². The van der Waals surface area contributed by atoms with Gasteiger partial charge in [0.1, 0.15) is 23.2 Å². The molecule has 0 aliphatic heterocycles. The highest BCUT2D eigenvalue weighted by molar-refractivity contribution is 6.01. The molecule has 2 N–H and O–H groups in total. The van der Waals surface area contributed by atoms with Gasteiger partial charge in [-0.25, -0.2) is 4.98 Å². The highest BCUT2D eigenvalue weighted by Gasteiger charge is 2.14. The maximum Gasteiger partial charge on any atom is 0.262 e. The van der Waals surface area contributed by atoms with Gasteiger partial charge in [0.15, 0.2) is 0 Å². The number of aromatic amines is 1. The number of benzene rings is 1. The highest BCUT2D eigenvalue weighted by Crippen LogP contribution is 2.19. The van der Waals surface area contributed by atoms with Gasteiger partial charge in [-0.15, -0.1) is 0 Å². The Kier molecular flexibility index (Phi) is 4.94. The number of H-pyrrole nitrogens is 1. The molecule has 112 valence electrons. The lowest BCUT2D eigenvalue weighted by atomic mass is 10.1. The lowest BCUT2D eigenvalue weighted by molar-refractivity contribution is -0.117. The molecule has 1 aromatic carbocycles. The number of ether oxygens (including phenoxy) is 1. The molecule has 0 radical (unpaired) electrons. The minimum atomic E-state index is -0.450. The zero-order chi connectivity index (χ0) is 15.9. The van der Waals surface area contributed by atoms with Gasteiger partial charge in [-0.3, -0.25) is 4.79 Å². The summed E-state index contributed by atoms with van der Waals surface area (Å²) in [5.41, 5.74) is 0.882. The fourth-order valence-electron chi connectivity index (χ4n) is 1.91. The minimum Gasteiger partial charge on any atom is -0.497 e. The van der Waals surface area contributed by atoms with Crippen molar-refractivity contribution in [1.29, 1.82) is 5.26 Å². The SMILES string of the molecule is COc1cccc(C(C)NC(=O)/C(C#N)=C/c2ncc[nH]2)c1. The van der Waals surface area contributed by atoms with Crippen LogP contribution in [0.4, 0.5) is 0 Å². The van der Waals surface area contributed by atoms with Gasteiger partial charge in [0.05, 0.1) is 13.2 Å². The number of rotatable bonds is 5. The molecule has 1 amide bonds. The minimum absolute atomic E-state index is 0.00954. The zero-order valence-electron chi connectivity index (χ0n) is 12.3. The van der Waals surface area contributed by atoms with Crippen molar-refractivity contribution < 1.29 is 9.53 Å². The Morgan fingerprint density at radius 2 is 2.36 bits per heavy atom. The molecule has 0 aliphatic rings. The van der Waals surface area contributed by atoms with E-state index in [-0.39, 0.29) is 11.6 Å². The predicted molar refractivity (Wildman–Crippen MR) is 81.7 cm³/mol. The summed E-state index contributed by atoms with van der Waals surface area (Å²) < 4.78 is 5.16. The molecule has 2 rings (SSSR count). The van der Waals surface area contributed by atoms with Gasteiger partial charge >= 0.3 is 0 Å². The third-order valence-corrected chi connectivity index (χ3v) is 3.11. The molecule has 0 spiro atoms. The largest absolute Gasteiger partial charge is 0.497 e. The van der Waals surface area contributed by atoms with Gasteiger partial charge < -0.3 is 15.0 Å². The summed E-state index contributed by atoms with van der Waals surface area (Å²) in [5.74, 6) is 0.722. The Labute approximate surface area is 128 Å². The van der Waals surface area contributed by atoms with Gasteiger partial charge in [0.25, 0.3) is 5.91 Å². The summed E-state index contributed by atoms with van der Waals surface area (Å²) in [5, 5.41) is 11.9. The van der Waals surface area contributed by atoms with Gasteiger partial charge in [0, 0.05) is 18.5 Å². The molecular weight excluding hydrogens is 280 g/mol. The zero-order valence-corrected chi connectivity index (χ0v) is 12.3. The first kappa shape index (κ1) is 15.3. The van der Waals surface area contributed by atoms with E-state index in [0.717, 1.165) is 5.56 Å². The van der Waals surface area contributed by atoms with Gasteiger partial charge in [0.2, 0.25) is 0 Å². The lowest BCUT2D eigenvalue weighted by Gasteiger charge is -2.14. The second-order valence-electron chi connectivity index (χ2n) is 4.62. The number of carbonyl (C=O) groups is 1. The smallest absolute Gasteiger partial charge is 0.262 e. The van der Waals surface area contributed by atoms with Crippen LogP contribution in [-0.4, -0.2) is 23.0 Å². The van der Waals surface area contributed by atoms with Crippen molar-refractivity contribution in [1.82, 2.24) is 15.3 Å². The molecule has 2 aromatic rings. The molecule has 6 nitrogen and oxygen atoms in total. The maximum absolute atomic E-state index is 12.2. The number of nitrogens with one attached hydrogen (secondary N) is 2. The first-order valence-electron chi connectivity index (χ1n) is 6.70. The summed E-state index contributed by atoms with van der Waals surface area (Å²) in [6.07, 6.45) is 4.59. The Hall–Kier alpha value is -3.07. The number of carbonyl (C=O) groups excluding carboxylic acids is 1. The van der Waals surface area contributed by atoms with E-state index >= 15 is 0 Å². The third-order valence-electron chi connectivity index (χ3n) is 3.11. The van der Waals surface area contributed by atoms with Crippen LogP contribution in [0.2, 0.25) is 0 Å². The maximum atomic E-state index is 12.2. The summed E-state index contributed by atoms with van der Waals surface area (Å²) in [7, 11) is 1.59. The van der Waals surface area contributed by atoms with Gasteiger partial charge in [-0.05, 0) is 24.6 Å². The van der Waals surface area contributed by atoms with Crippen LogP contribution in [0, 0.1) is 11.3 Å². The van der Waals surface area contributed by atoms with E-state index in [9.17, 15) is 4.79 Å². The van der Waals surface area contributed by atoms with E-state index in [1.54, 1.807) is 19.5 Å². The van der Waals surface area contributed by atoms with Gasteiger partial charge in [-0.2, -0.15) is 5.26 Å². The highest BCUT2D eigenvalue weighted by atomic mass is 16.5. The number of methoxy groups -OCH3 is 1. The van der Waals surface area contributed by atoms with E-state index in [1.807, 2.05) is 37.3 Å². The number of imidazole rings is 1. The molecule has 0 fully saturated rings. The lowest BCUT2D eigenvalue weighted by Crippen LogP contribution is -2.27. The van der Waals surface area contributed by atoms with Crippen molar-refractivity contribution >= 4 is 12.0 Å². The average Bonchev–Trinajstić information content (AvgIpc) is 3.05. The Morgan fingerprint density at radius 3 is 3.00 bits per heavy atom. The molecular formula is C16H16N4O2. The molecule has 1 atom stereocenters. The Balaban J connectivity index is 2.11. The number of nitrogens with zero attached hydrogens (tertiary/aromatic N) is 2. The molecule has 0 bridgehead atoms. The van der Waals surface area contributed by atoms with Crippen LogP contribution in [0.1, 0.15) is 24.4 Å². The molecule has 0 saturated carbocycles. The van der Waals surface area contributed by atoms with Crippen LogP contribution < -0.4 is 10.1 Å². The molecule has 0 saturated heterocycles. The second kappa shape index (κ2) is 7.09. The number of amides is 1. The van der Waals surface area contributed by atoms with Crippen molar-refractivity contribution in [2.24, 2.45) is 0 Å². The van der Waals surface area contributed by atoms with Crippen LogP contribution >= 0.6 is 0 Å². The van der Waals surface area contributed by atoms with E-state index < -0.39 is 5.91 Å². The normalized spacial score (nSPS) is 12.3. The number of hydrogen-bond donors (Lipinski definition) is 2. The number of nitriles is 1. The number of aromatic nitrogens is 2. The summed E-state index contributed by atoms with van der Waals surface area (Å²) in [4.78, 5) is 19.0. The van der Waals surface area contributed by atoms with Crippen LogP contribution in [0.5, 0.6) is 5.75 Å². The molecule has 6 heteroatoms. The van der Waals surface area contributed by atoms with Crippen molar-refractivity contribution in [3.63, 3.8) is 0 Å². The monoisotopic (exact) mass is 296 g/mol. The molecule has 1 unspecified atom stereocenters. The first-order valence-corrected chi connectivity index (χ1v) is 6.70. The van der Waals surface area contributed by atoms with E-state index in [2.05, 4.69) is 15.3 Å². The topological polar surface area (TPSA) is 90.8 Å². The first-order chi connectivity index (χ1) is 10.6. The third kappa shape index (κ3) is 3.73. The molecule has 0 aliphatic carbocycles. The van der Waals surface area contributed by atoms with Crippen molar-refractivity contribution in [3.8, 4) is 11.8 Å². The molecule has 22 heavy (non-hydrogen) atoms. The van der Waals surface area contributed by atoms with E-state index in [0.29, 0.717) is 11.6 Å². The van der Waals surface area contributed by atoms with E-state index in [1.165, 1.54) is 6.08 Å². The summed E-state index contributed by atoms with van der Waals surface area (Å²) >= 11 is 0.